The molecule has 0 amide bonds. The Labute approximate surface area is 66.8 Å². The molecule has 58 valence electrons. The van der Waals surface area contributed by atoms with E-state index in [9.17, 15) is 4.79 Å². The molecule has 0 radical (unpaired) electrons. The van der Waals surface area contributed by atoms with Crippen LogP contribution in [-0.2, 0) is 4.79 Å². The Morgan fingerprint density at radius 2 is 2.09 bits per heavy atom. The van der Waals surface area contributed by atoms with Crippen LogP contribution in [0.1, 0.15) is 26.2 Å². The molecular weight excluding hydrogens is 136 g/mol. The Morgan fingerprint density at radius 3 is 2.91 bits per heavy atom. The maximum Gasteiger partial charge on any atom is 0.159 e. The van der Waals surface area contributed by atoms with Crippen LogP contribution >= 0.6 is 0 Å². The van der Waals surface area contributed by atoms with Crippen LogP contribution in [0.2, 0.25) is 0 Å². The van der Waals surface area contributed by atoms with Crippen LogP contribution in [0.25, 0.3) is 0 Å². The molecule has 1 nitrogen and oxygen atoms in total. The molecule has 11 heavy (non-hydrogen) atoms. The Hall–Kier alpha value is -0.850. The van der Waals surface area contributed by atoms with Crippen molar-refractivity contribution in [3.8, 4) is 0 Å². The predicted octanol–water partition coefficient (Wildman–Crippen LogP) is 2.24. The summed E-state index contributed by atoms with van der Waals surface area (Å²) in [6.07, 6.45) is 6.85. The highest BCUT2D eigenvalue weighted by atomic mass is 16.1. The fourth-order valence-electron chi connectivity index (χ4n) is 1.93. The molecule has 1 unspecified atom stereocenters. The molecule has 1 atom stereocenters. The summed E-state index contributed by atoms with van der Waals surface area (Å²) >= 11 is 0. The minimum atomic E-state index is 0.276. The zero-order valence-corrected chi connectivity index (χ0v) is 6.76. The van der Waals surface area contributed by atoms with Crippen molar-refractivity contribution in [3.63, 3.8) is 0 Å². The van der Waals surface area contributed by atoms with Gasteiger partial charge in [-0.15, -0.1) is 0 Å². The molecular formula is C10H12O. The highest BCUT2D eigenvalue weighted by Gasteiger charge is 2.23. The zero-order chi connectivity index (χ0) is 7.84. The molecule has 0 saturated heterocycles. The largest absolute Gasteiger partial charge is 0.295 e. The molecule has 1 heteroatoms. The van der Waals surface area contributed by atoms with Crippen LogP contribution in [0.5, 0.6) is 0 Å². The molecule has 0 bridgehead atoms. The number of hydrogen-bond donors (Lipinski definition) is 0. The lowest BCUT2D eigenvalue weighted by Gasteiger charge is -2.04. The van der Waals surface area contributed by atoms with Gasteiger partial charge in [0.1, 0.15) is 0 Å². The van der Waals surface area contributed by atoms with E-state index in [2.05, 4.69) is 13.0 Å². The number of carbonyl (C=O) groups excluding carboxylic acids is 1. The van der Waals surface area contributed by atoms with Crippen molar-refractivity contribution in [2.45, 2.75) is 26.2 Å². The van der Waals surface area contributed by atoms with Gasteiger partial charge in [0.05, 0.1) is 0 Å². The number of ketones is 1. The highest BCUT2D eigenvalue weighted by Crippen LogP contribution is 2.36. The fraction of sp³-hybridized carbons (Fsp3) is 0.500. The summed E-state index contributed by atoms with van der Waals surface area (Å²) in [5.41, 5.74) is 2.73. The minimum absolute atomic E-state index is 0.276. The summed E-state index contributed by atoms with van der Waals surface area (Å²) < 4.78 is 0. The monoisotopic (exact) mass is 148 g/mol. The molecule has 1 saturated carbocycles. The van der Waals surface area contributed by atoms with Crippen molar-refractivity contribution < 1.29 is 4.79 Å². The first kappa shape index (κ1) is 6.84. The van der Waals surface area contributed by atoms with Gasteiger partial charge in [0.2, 0.25) is 0 Å². The predicted molar refractivity (Wildman–Crippen MR) is 44.2 cm³/mol. The molecule has 2 aliphatic carbocycles. The van der Waals surface area contributed by atoms with E-state index in [1.54, 1.807) is 0 Å². The van der Waals surface area contributed by atoms with Crippen molar-refractivity contribution in [2.24, 2.45) is 5.92 Å². The Kier molecular flexibility index (Phi) is 1.45. The quantitative estimate of drug-likeness (QED) is 0.515. The van der Waals surface area contributed by atoms with Gasteiger partial charge < -0.3 is 0 Å². The average molecular weight is 148 g/mol. The molecule has 0 aliphatic heterocycles. The number of carbonyl (C=O) groups is 1. The number of allylic oxidation sites excluding steroid dienone is 4. The van der Waals surface area contributed by atoms with E-state index in [-0.39, 0.29) is 5.78 Å². The summed E-state index contributed by atoms with van der Waals surface area (Å²) in [6, 6.07) is 0. The minimum Gasteiger partial charge on any atom is -0.295 e. The fourth-order valence-corrected chi connectivity index (χ4v) is 1.93. The van der Waals surface area contributed by atoms with Gasteiger partial charge in [0.15, 0.2) is 5.78 Å². The molecule has 0 spiro atoms. The Bertz CT molecular complexity index is 258. The summed E-state index contributed by atoms with van der Waals surface area (Å²) in [5.74, 6) is 1.02. The SMILES string of the molecule is CC1CC2=CCC(=O)C=C2C1. The topological polar surface area (TPSA) is 17.1 Å². The molecule has 0 aromatic carbocycles. The van der Waals surface area contributed by atoms with Crippen molar-refractivity contribution in [2.75, 3.05) is 0 Å². The van der Waals surface area contributed by atoms with Crippen LogP contribution in [-0.4, -0.2) is 5.78 Å². The highest BCUT2D eigenvalue weighted by molar-refractivity contribution is 5.93. The Balaban J connectivity index is 2.31. The van der Waals surface area contributed by atoms with Crippen LogP contribution in [0.3, 0.4) is 0 Å². The van der Waals surface area contributed by atoms with Gasteiger partial charge in [-0.05, 0) is 36.0 Å². The van der Waals surface area contributed by atoms with E-state index >= 15 is 0 Å². The van der Waals surface area contributed by atoms with E-state index in [1.165, 1.54) is 17.6 Å². The smallest absolute Gasteiger partial charge is 0.159 e. The van der Waals surface area contributed by atoms with Crippen LogP contribution in [0.4, 0.5) is 0 Å². The first-order valence-electron chi connectivity index (χ1n) is 4.18. The summed E-state index contributed by atoms with van der Waals surface area (Å²) in [7, 11) is 0. The first-order valence-corrected chi connectivity index (χ1v) is 4.18. The summed E-state index contributed by atoms with van der Waals surface area (Å²) in [5, 5.41) is 0. The molecule has 0 heterocycles. The van der Waals surface area contributed by atoms with Gasteiger partial charge in [-0.25, -0.2) is 0 Å². The second-order valence-corrected chi connectivity index (χ2v) is 3.58. The van der Waals surface area contributed by atoms with Gasteiger partial charge in [0, 0.05) is 6.42 Å². The van der Waals surface area contributed by atoms with E-state index in [0.29, 0.717) is 6.42 Å². The third kappa shape index (κ3) is 1.15. The molecule has 0 aromatic rings. The van der Waals surface area contributed by atoms with Crippen molar-refractivity contribution >= 4 is 5.78 Å². The lowest BCUT2D eigenvalue weighted by atomic mass is 10.0. The van der Waals surface area contributed by atoms with E-state index in [4.69, 9.17) is 0 Å². The maximum absolute atomic E-state index is 11.0. The van der Waals surface area contributed by atoms with Gasteiger partial charge in [-0.3, -0.25) is 4.79 Å². The molecule has 0 aromatic heterocycles. The van der Waals surface area contributed by atoms with Crippen molar-refractivity contribution in [3.05, 3.63) is 23.3 Å². The van der Waals surface area contributed by atoms with Crippen LogP contribution in [0.15, 0.2) is 23.3 Å². The number of rotatable bonds is 0. The van der Waals surface area contributed by atoms with Crippen molar-refractivity contribution in [1.29, 1.82) is 0 Å². The number of fused-ring (bicyclic) bond motifs is 1. The lowest BCUT2D eigenvalue weighted by molar-refractivity contribution is -0.114. The normalized spacial score (nSPS) is 29.5. The summed E-state index contributed by atoms with van der Waals surface area (Å²) in [6.45, 7) is 2.24. The number of hydrogen-bond acceptors (Lipinski definition) is 1. The first-order chi connectivity index (χ1) is 5.25. The van der Waals surface area contributed by atoms with Crippen molar-refractivity contribution in [1.82, 2.24) is 0 Å². The average Bonchev–Trinajstić information content (AvgIpc) is 2.27. The summed E-state index contributed by atoms with van der Waals surface area (Å²) in [4.78, 5) is 11.0. The van der Waals surface area contributed by atoms with Gasteiger partial charge in [0.25, 0.3) is 0 Å². The van der Waals surface area contributed by atoms with E-state index in [0.717, 1.165) is 12.3 Å². The van der Waals surface area contributed by atoms with Gasteiger partial charge in [-0.2, -0.15) is 0 Å². The molecule has 2 aliphatic rings. The van der Waals surface area contributed by atoms with E-state index < -0.39 is 0 Å². The van der Waals surface area contributed by atoms with Crippen LogP contribution < -0.4 is 0 Å². The lowest BCUT2D eigenvalue weighted by Crippen LogP contribution is -1.98. The molecule has 2 rings (SSSR count). The third-order valence-corrected chi connectivity index (χ3v) is 2.43. The second-order valence-electron chi connectivity index (χ2n) is 3.58. The van der Waals surface area contributed by atoms with E-state index in [1.807, 2.05) is 6.08 Å². The standard InChI is InChI=1S/C10H12O/c1-7-4-8-2-3-10(11)6-9(8)5-7/h2,6-7H,3-5H2,1H3. The second kappa shape index (κ2) is 2.33. The Morgan fingerprint density at radius 1 is 1.36 bits per heavy atom. The molecule has 1 fully saturated rings. The third-order valence-electron chi connectivity index (χ3n) is 2.43. The zero-order valence-electron chi connectivity index (χ0n) is 6.76. The van der Waals surface area contributed by atoms with Gasteiger partial charge in [-0.1, -0.05) is 13.0 Å². The maximum atomic E-state index is 11.0. The molecule has 0 N–H and O–H groups in total. The van der Waals surface area contributed by atoms with Crippen LogP contribution in [0, 0.1) is 5.92 Å². The van der Waals surface area contributed by atoms with Gasteiger partial charge >= 0.3 is 0 Å².